The van der Waals surface area contributed by atoms with Gasteiger partial charge < -0.3 is 24.4 Å². The highest BCUT2D eigenvalue weighted by atomic mass is 16.5. The van der Waals surface area contributed by atoms with Crippen molar-refractivity contribution in [3.8, 4) is 5.88 Å². The van der Waals surface area contributed by atoms with Gasteiger partial charge in [-0.2, -0.15) is 0 Å². The highest BCUT2D eigenvalue weighted by molar-refractivity contribution is 5.86. The first-order chi connectivity index (χ1) is 12.3. The van der Waals surface area contributed by atoms with E-state index in [1.54, 1.807) is 6.07 Å². The van der Waals surface area contributed by atoms with Crippen LogP contribution < -0.4 is 15.5 Å². The Hall–Kier alpha value is -2.12. The number of aryl methyl sites for hydroxylation is 1. The van der Waals surface area contributed by atoms with Crippen LogP contribution in [0.25, 0.3) is 10.9 Å². The Kier molecular flexibility index (Phi) is 6.99. The number of ether oxygens (including phenoxy) is 1. The molecule has 2 aromatic rings. The lowest BCUT2D eigenvalue weighted by atomic mass is 10.2. The van der Waals surface area contributed by atoms with E-state index < -0.39 is 0 Å². The second-order valence-electron chi connectivity index (χ2n) is 6.97. The average Bonchev–Trinajstić information content (AvgIpc) is 2.53. The van der Waals surface area contributed by atoms with Crippen LogP contribution >= 0.6 is 0 Å². The molecule has 0 saturated carbocycles. The summed E-state index contributed by atoms with van der Waals surface area (Å²) in [6, 6.07) is 3.62. The van der Waals surface area contributed by atoms with E-state index in [1.165, 1.54) is 0 Å². The first kappa shape index (κ1) is 20.2. The molecule has 0 atom stereocenters. The number of rotatable bonds is 9. The van der Waals surface area contributed by atoms with Crippen LogP contribution in [-0.2, 0) is 6.54 Å². The molecular formula is C19H31N5O2. The van der Waals surface area contributed by atoms with Gasteiger partial charge in [0.05, 0.1) is 12.1 Å². The Morgan fingerprint density at radius 3 is 2.46 bits per heavy atom. The van der Waals surface area contributed by atoms with Crippen molar-refractivity contribution < 1.29 is 4.74 Å². The molecule has 2 rings (SSSR count). The zero-order valence-corrected chi connectivity index (χ0v) is 16.8. The van der Waals surface area contributed by atoms with Crippen molar-refractivity contribution in [2.75, 3.05) is 59.7 Å². The standard InChI is InChI=1S/C19H31N5O2/c1-7-26-19-18-15(12-14(2)21-19)24(11-10-23(5)6)17(13-16(18)25)20-8-9-22(3)4/h12-13,20H,7-11H2,1-6H3. The van der Waals surface area contributed by atoms with Crippen LogP contribution in [0.1, 0.15) is 12.6 Å². The van der Waals surface area contributed by atoms with E-state index in [-0.39, 0.29) is 5.43 Å². The van der Waals surface area contributed by atoms with E-state index in [2.05, 4.69) is 24.7 Å². The molecular weight excluding hydrogens is 330 g/mol. The van der Waals surface area contributed by atoms with Gasteiger partial charge in [0.2, 0.25) is 5.88 Å². The maximum atomic E-state index is 12.8. The molecule has 0 radical (unpaired) electrons. The summed E-state index contributed by atoms with van der Waals surface area (Å²) in [4.78, 5) is 21.5. The third-order valence-corrected chi connectivity index (χ3v) is 4.11. The van der Waals surface area contributed by atoms with E-state index >= 15 is 0 Å². The number of pyridine rings is 2. The van der Waals surface area contributed by atoms with Gasteiger partial charge in [0.15, 0.2) is 5.43 Å². The van der Waals surface area contributed by atoms with Crippen LogP contribution in [-0.4, -0.2) is 73.8 Å². The third-order valence-electron chi connectivity index (χ3n) is 4.11. The van der Waals surface area contributed by atoms with Gasteiger partial charge in [-0.1, -0.05) is 0 Å². The molecule has 0 aliphatic rings. The molecule has 7 nitrogen and oxygen atoms in total. The fourth-order valence-corrected chi connectivity index (χ4v) is 2.81. The number of nitrogens with one attached hydrogen (secondary N) is 1. The molecule has 0 aromatic carbocycles. The molecule has 2 heterocycles. The van der Waals surface area contributed by atoms with Crippen LogP contribution in [0.4, 0.5) is 5.82 Å². The van der Waals surface area contributed by atoms with Crippen LogP contribution in [0, 0.1) is 6.92 Å². The first-order valence-corrected chi connectivity index (χ1v) is 9.04. The summed E-state index contributed by atoms with van der Waals surface area (Å²) in [5.74, 6) is 1.25. The van der Waals surface area contributed by atoms with Crippen molar-refractivity contribution in [3.63, 3.8) is 0 Å². The molecule has 0 bridgehead atoms. The van der Waals surface area contributed by atoms with E-state index in [1.807, 2.05) is 48.1 Å². The predicted octanol–water partition coefficient (Wildman–Crippen LogP) is 1.64. The molecule has 0 fully saturated rings. The predicted molar refractivity (Wildman–Crippen MR) is 108 cm³/mol. The lowest BCUT2D eigenvalue weighted by Crippen LogP contribution is -2.26. The summed E-state index contributed by atoms with van der Waals surface area (Å²) >= 11 is 0. The fraction of sp³-hybridized carbons (Fsp3) is 0.579. The number of nitrogens with zero attached hydrogens (tertiary/aromatic N) is 4. The Balaban J connectivity index is 2.58. The van der Waals surface area contributed by atoms with E-state index in [0.717, 1.165) is 43.2 Å². The average molecular weight is 361 g/mol. The smallest absolute Gasteiger partial charge is 0.227 e. The quantitative estimate of drug-likeness (QED) is 0.733. The van der Waals surface area contributed by atoms with Gasteiger partial charge in [-0.05, 0) is 48.1 Å². The third kappa shape index (κ3) is 4.95. The lowest BCUT2D eigenvalue weighted by molar-refractivity contribution is 0.330. The number of anilines is 1. The molecule has 0 aliphatic heterocycles. The molecule has 144 valence electrons. The zero-order chi connectivity index (χ0) is 19.3. The summed E-state index contributed by atoms with van der Waals surface area (Å²) in [5, 5.41) is 3.96. The van der Waals surface area contributed by atoms with Gasteiger partial charge in [-0.15, -0.1) is 0 Å². The van der Waals surface area contributed by atoms with Gasteiger partial charge >= 0.3 is 0 Å². The number of likely N-dealkylation sites (N-methyl/N-ethyl adjacent to an activating group) is 2. The second kappa shape index (κ2) is 9.00. The zero-order valence-electron chi connectivity index (χ0n) is 16.8. The van der Waals surface area contributed by atoms with Gasteiger partial charge in [0.1, 0.15) is 11.2 Å². The summed E-state index contributed by atoms with van der Waals surface area (Å²) in [6.45, 7) is 7.59. The van der Waals surface area contributed by atoms with E-state index in [4.69, 9.17) is 4.74 Å². The minimum atomic E-state index is -0.0654. The molecule has 2 aromatic heterocycles. The van der Waals surface area contributed by atoms with E-state index in [0.29, 0.717) is 17.9 Å². The number of hydrogen-bond donors (Lipinski definition) is 1. The maximum absolute atomic E-state index is 12.8. The second-order valence-corrected chi connectivity index (χ2v) is 6.97. The largest absolute Gasteiger partial charge is 0.477 e. The molecule has 0 saturated heterocycles. The normalized spacial score (nSPS) is 11.5. The topological polar surface area (TPSA) is 62.6 Å². The highest BCUT2D eigenvalue weighted by Crippen LogP contribution is 2.24. The lowest BCUT2D eigenvalue weighted by Gasteiger charge is -2.21. The Labute approximate surface area is 155 Å². The van der Waals surface area contributed by atoms with Crippen molar-refractivity contribution in [1.29, 1.82) is 0 Å². The van der Waals surface area contributed by atoms with Gasteiger partial charge in [0.25, 0.3) is 0 Å². The summed E-state index contributed by atoms with van der Waals surface area (Å²) < 4.78 is 7.81. The SMILES string of the molecule is CCOc1nc(C)cc2c1c(=O)cc(NCCN(C)C)n2CCN(C)C. The van der Waals surface area contributed by atoms with Crippen molar-refractivity contribution in [1.82, 2.24) is 19.4 Å². The first-order valence-electron chi connectivity index (χ1n) is 9.04. The van der Waals surface area contributed by atoms with Crippen molar-refractivity contribution in [2.24, 2.45) is 0 Å². The van der Waals surface area contributed by atoms with Crippen molar-refractivity contribution in [2.45, 2.75) is 20.4 Å². The fourth-order valence-electron chi connectivity index (χ4n) is 2.81. The minimum absolute atomic E-state index is 0.0654. The molecule has 0 spiro atoms. The molecule has 7 heteroatoms. The number of aromatic nitrogens is 2. The van der Waals surface area contributed by atoms with Crippen LogP contribution in [0.5, 0.6) is 5.88 Å². The van der Waals surface area contributed by atoms with Crippen LogP contribution in [0.3, 0.4) is 0 Å². The van der Waals surface area contributed by atoms with Gasteiger partial charge in [0, 0.05) is 37.9 Å². The van der Waals surface area contributed by atoms with Crippen LogP contribution in [0.2, 0.25) is 0 Å². The summed E-state index contributed by atoms with van der Waals surface area (Å²) in [6.07, 6.45) is 0. The molecule has 26 heavy (non-hydrogen) atoms. The van der Waals surface area contributed by atoms with E-state index in [9.17, 15) is 4.79 Å². The minimum Gasteiger partial charge on any atom is -0.477 e. The van der Waals surface area contributed by atoms with Gasteiger partial charge in [-0.25, -0.2) is 4.98 Å². The van der Waals surface area contributed by atoms with Crippen LogP contribution in [0.15, 0.2) is 16.9 Å². The Morgan fingerprint density at radius 2 is 1.85 bits per heavy atom. The summed E-state index contributed by atoms with van der Waals surface area (Å²) in [7, 11) is 8.15. The molecule has 0 aliphatic carbocycles. The van der Waals surface area contributed by atoms with Crippen molar-refractivity contribution >= 4 is 16.7 Å². The molecule has 0 amide bonds. The Bertz CT molecular complexity index is 799. The highest BCUT2D eigenvalue weighted by Gasteiger charge is 2.15. The maximum Gasteiger partial charge on any atom is 0.227 e. The summed E-state index contributed by atoms with van der Waals surface area (Å²) in [5.41, 5.74) is 1.64. The number of fused-ring (bicyclic) bond motifs is 1. The monoisotopic (exact) mass is 361 g/mol. The molecule has 0 unspecified atom stereocenters. The van der Waals surface area contributed by atoms with Gasteiger partial charge in [-0.3, -0.25) is 4.79 Å². The Morgan fingerprint density at radius 1 is 1.15 bits per heavy atom. The van der Waals surface area contributed by atoms with Crippen molar-refractivity contribution in [3.05, 3.63) is 28.0 Å². The molecule has 1 N–H and O–H groups in total. The number of hydrogen-bond acceptors (Lipinski definition) is 6.